The molecule has 2 rings (SSSR count). The number of carbonyl (C=O) groups is 1. The van der Waals surface area contributed by atoms with E-state index in [4.69, 9.17) is 9.47 Å². The van der Waals surface area contributed by atoms with Crippen molar-refractivity contribution in [2.24, 2.45) is 0 Å². The van der Waals surface area contributed by atoms with Crippen molar-refractivity contribution in [3.8, 4) is 5.75 Å². The lowest BCUT2D eigenvalue weighted by Crippen LogP contribution is -2.13. The minimum Gasteiger partial charge on any atom is -0.497 e. The number of aryl methyl sites for hydroxylation is 1. The second-order valence-electron chi connectivity index (χ2n) is 5.01. The molecule has 0 saturated carbocycles. The highest BCUT2D eigenvalue weighted by molar-refractivity contribution is 5.84. The van der Waals surface area contributed by atoms with Crippen LogP contribution in [-0.4, -0.2) is 19.8 Å². The molecule has 0 fully saturated rings. The quantitative estimate of drug-likeness (QED) is 0.901. The summed E-state index contributed by atoms with van der Waals surface area (Å²) in [4.78, 5) is 11.4. The Balaban J connectivity index is 2.07. The van der Waals surface area contributed by atoms with E-state index in [0.29, 0.717) is 6.61 Å². The maximum atomic E-state index is 11.4. The third-order valence-corrected chi connectivity index (χ3v) is 3.42. The number of amides is 1. The third-order valence-electron chi connectivity index (χ3n) is 3.42. The number of methoxy groups -OCH3 is 1. The first-order valence-corrected chi connectivity index (χ1v) is 7.28. The van der Waals surface area contributed by atoms with E-state index >= 15 is 0 Å². The Kier molecular flexibility index (Phi) is 5.42. The summed E-state index contributed by atoms with van der Waals surface area (Å²) in [5.41, 5.74) is 4.31. The molecule has 0 bridgehead atoms. The Morgan fingerprint density at radius 1 is 1.14 bits per heavy atom. The van der Waals surface area contributed by atoms with Crippen molar-refractivity contribution in [3.63, 3.8) is 0 Å². The molecule has 0 saturated heterocycles. The van der Waals surface area contributed by atoms with Crippen LogP contribution in [0.15, 0.2) is 42.5 Å². The molecule has 0 aliphatic carbocycles. The van der Waals surface area contributed by atoms with Gasteiger partial charge in [-0.2, -0.15) is 0 Å². The molecule has 4 heteroatoms. The second kappa shape index (κ2) is 7.50. The number of hydrogen-bond donors (Lipinski definition) is 1. The third kappa shape index (κ3) is 4.25. The number of nitrogens with one attached hydrogen (secondary N) is 1. The molecule has 0 atom stereocenters. The molecule has 1 N–H and O–H groups in total. The van der Waals surface area contributed by atoms with Crippen molar-refractivity contribution in [1.82, 2.24) is 0 Å². The summed E-state index contributed by atoms with van der Waals surface area (Å²) in [6, 6.07) is 13.9. The van der Waals surface area contributed by atoms with E-state index in [-0.39, 0.29) is 0 Å². The fourth-order valence-corrected chi connectivity index (χ4v) is 2.22. The fourth-order valence-electron chi connectivity index (χ4n) is 2.22. The molecule has 0 aromatic heterocycles. The summed E-state index contributed by atoms with van der Waals surface area (Å²) in [7, 11) is 1.66. The van der Waals surface area contributed by atoms with Gasteiger partial charge in [0.25, 0.3) is 0 Å². The average molecular weight is 299 g/mol. The standard InChI is InChI=1S/C18H21NO3/c1-4-22-18(20)19-16-8-7-15(13(2)11-16)12-14-5-9-17(21-3)10-6-14/h5-11H,4,12H2,1-3H3,(H,19,20). The number of benzene rings is 2. The predicted octanol–water partition coefficient (Wildman–Crippen LogP) is 4.16. The van der Waals surface area contributed by atoms with Gasteiger partial charge in [-0.1, -0.05) is 18.2 Å². The van der Waals surface area contributed by atoms with Crippen LogP contribution in [0.2, 0.25) is 0 Å². The molecule has 0 heterocycles. The molecular formula is C18H21NO3. The van der Waals surface area contributed by atoms with Gasteiger partial charge in [0.2, 0.25) is 0 Å². The first-order valence-electron chi connectivity index (χ1n) is 7.28. The fraction of sp³-hybridized carbons (Fsp3) is 0.278. The van der Waals surface area contributed by atoms with E-state index in [1.807, 2.05) is 37.3 Å². The van der Waals surface area contributed by atoms with Gasteiger partial charge < -0.3 is 9.47 Å². The Morgan fingerprint density at radius 3 is 2.45 bits per heavy atom. The van der Waals surface area contributed by atoms with Crippen molar-refractivity contribution in [1.29, 1.82) is 0 Å². The summed E-state index contributed by atoms with van der Waals surface area (Å²) < 4.78 is 10.0. The Hall–Kier alpha value is -2.49. The summed E-state index contributed by atoms with van der Waals surface area (Å²) in [6.07, 6.45) is 0.417. The number of carbonyl (C=O) groups excluding carboxylic acids is 1. The monoisotopic (exact) mass is 299 g/mol. The van der Waals surface area contributed by atoms with E-state index in [0.717, 1.165) is 23.4 Å². The van der Waals surface area contributed by atoms with Crippen LogP contribution < -0.4 is 10.1 Å². The molecular weight excluding hydrogens is 278 g/mol. The lowest BCUT2D eigenvalue weighted by molar-refractivity contribution is 0.168. The van der Waals surface area contributed by atoms with Crippen LogP contribution in [0.1, 0.15) is 23.6 Å². The minimum atomic E-state index is -0.426. The summed E-state index contributed by atoms with van der Waals surface area (Å²) in [5, 5.41) is 2.71. The van der Waals surface area contributed by atoms with Crippen LogP contribution in [0.3, 0.4) is 0 Å². The van der Waals surface area contributed by atoms with Gasteiger partial charge in [0, 0.05) is 5.69 Å². The molecule has 0 aliphatic rings. The SMILES string of the molecule is CCOC(=O)Nc1ccc(Cc2ccc(OC)cc2)c(C)c1. The predicted molar refractivity (Wildman–Crippen MR) is 87.6 cm³/mol. The number of ether oxygens (including phenoxy) is 2. The smallest absolute Gasteiger partial charge is 0.411 e. The Labute approximate surface area is 131 Å². The first kappa shape index (κ1) is 15.9. The zero-order valence-electron chi connectivity index (χ0n) is 13.2. The first-order chi connectivity index (χ1) is 10.6. The van der Waals surface area contributed by atoms with Crippen molar-refractivity contribution in [3.05, 3.63) is 59.2 Å². The van der Waals surface area contributed by atoms with Crippen molar-refractivity contribution in [2.75, 3.05) is 19.0 Å². The normalized spacial score (nSPS) is 10.1. The van der Waals surface area contributed by atoms with E-state index in [2.05, 4.69) is 17.4 Å². The maximum Gasteiger partial charge on any atom is 0.411 e. The van der Waals surface area contributed by atoms with E-state index in [9.17, 15) is 4.79 Å². The lowest BCUT2D eigenvalue weighted by Gasteiger charge is -2.10. The highest BCUT2D eigenvalue weighted by atomic mass is 16.5. The zero-order valence-corrected chi connectivity index (χ0v) is 13.2. The topological polar surface area (TPSA) is 47.6 Å². The van der Waals surface area contributed by atoms with Crippen molar-refractivity contribution in [2.45, 2.75) is 20.3 Å². The van der Waals surface area contributed by atoms with Crippen LogP contribution in [0.4, 0.5) is 10.5 Å². The van der Waals surface area contributed by atoms with E-state index in [1.54, 1.807) is 14.0 Å². The van der Waals surface area contributed by atoms with Gasteiger partial charge in [0.1, 0.15) is 5.75 Å². The molecule has 2 aromatic rings. The molecule has 0 radical (unpaired) electrons. The van der Waals surface area contributed by atoms with Gasteiger partial charge in [-0.15, -0.1) is 0 Å². The highest BCUT2D eigenvalue weighted by Gasteiger charge is 2.05. The number of rotatable bonds is 5. The second-order valence-corrected chi connectivity index (χ2v) is 5.01. The van der Waals surface area contributed by atoms with Gasteiger partial charge in [-0.3, -0.25) is 5.32 Å². The molecule has 4 nitrogen and oxygen atoms in total. The van der Waals surface area contributed by atoms with E-state index in [1.165, 1.54) is 11.1 Å². The van der Waals surface area contributed by atoms with Gasteiger partial charge in [-0.25, -0.2) is 4.79 Å². The van der Waals surface area contributed by atoms with Crippen LogP contribution in [-0.2, 0) is 11.2 Å². The maximum absolute atomic E-state index is 11.4. The summed E-state index contributed by atoms with van der Waals surface area (Å²) in [6.45, 7) is 4.18. The Morgan fingerprint density at radius 2 is 1.86 bits per heavy atom. The number of hydrogen-bond acceptors (Lipinski definition) is 3. The molecule has 0 unspecified atom stereocenters. The van der Waals surface area contributed by atoms with Gasteiger partial charge >= 0.3 is 6.09 Å². The summed E-state index contributed by atoms with van der Waals surface area (Å²) in [5.74, 6) is 0.856. The molecule has 2 aromatic carbocycles. The van der Waals surface area contributed by atoms with Crippen molar-refractivity contribution >= 4 is 11.8 Å². The largest absolute Gasteiger partial charge is 0.497 e. The molecule has 0 spiro atoms. The van der Waals surface area contributed by atoms with Crippen LogP contribution in [0.25, 0.3) is 0 Å². The zero-order chi connectivity index (χ0) is 15.9. The van der Waals surface area contributed by atoms with Crippen LogP contribution in [0, 0.1) is 6.92 Å². The van der Waals surface area contributed by atoms with Crippen molar-refractivity contribution < 1.29 is 14.3 Å². The Bertz CT molecular complexity index is 635. The van der Waals surface area contributed by atoms with Gasteiger partial charge in [0.05, 0.1) is 13.7 Å². The van der Waals surface area contributed by atoms with Crippen LogP contribution in [0.5, 0.6) is 5.75 Å². The highest BCUT2D eigenvalue weighted by Crippen LogP contribution is 2.20. The summed E-state index contributed by atoms with van der Waals surface area (Å²) >= 11 is 0. The van der Waals surface area contributed by atoms with Gasteiger partial charge in [-0.05, 0) is 61.2 Å². The lowest BCUT2D eigenvalue weighted by atomic mass is 10.00. The molecule has 116 valence electrons. The molecule has 22 heavy (non-hydrogen) atoms. The number of anilines is 1. The molecule has 0 aliphatic heterocycles. The minimum absolute atomic E-state index is 0.361. The average Bonchev–Trinajstić information content (AvgIpc) is 2.51. The van der Waals surface area contributed by atoms with E-state index < -0.39 is 6.09 Å². The van der Waals surface area contributed by atoms with Gasteiger partial charge in [0.15, 0.2) is 0 Å². The molecule has 1 amide bonds. The van der Waals surface area contributed by atoms with Crippen LogP contribution >= 0.6 is 0 Å².